The van der Waals surface area contributed by atoms with Crippen molar-refractivity contribution in [1.82, 2.24) is 9.97 Å². The summed E-state index contributed by atoms with van der Waals surface area (Å²) < 4.78 is 0. The molecular formula is C11H18N4O2. The van der Waals surface area contributed by atoms with Crippen LogP contribution in [-0.4, -0.2) is 33.9 Å². The molecule has 1 aromatic rings. The third-order valence-electron chi connectivity index (χ3n) is 2.40. The molecule has 17 heavy (non-hydrogen) atoms. The number of rotatable bonds is 6. The van der Waals surface area contributed by atoms with Crippen LogP contribution >= 0.6 is 0 Å². The molecule has 1 heterocycles. The Bertz CT molecular complexity index is 372. The molecular weight excluding hydrogens is 220 g/mol. The third kappa shape index (κ3) is 3.99. The second-order valence-corrected chi connectivity index (χ2v) is 3.94. The summed E-state index contributed by atoms with van der Waals surface area (Å²) in [6.45, 7) is 4.08. The van der Waals surface area contributed by atoms with Crippen LogP contribution in [0.1, 0.15) is 24.2 Å². The lowest BCUT2D eigenvalue weighted by Gasteiger charge is -2.08. The van der Waals surface area contributed by atoms with Crippen LogP contribution in [0.3, 0.4) is 0 Å². The van der Waals surface area contributed by atoms with Crippen LogP contribution in [0.5, 0.6) is 5.75 Å². The molecule has 6 heteroatoms. The van der Waals surface area contributed by atoms with Crippen LogP contribution in [-0.2, 0) is 4.79 Å². The fourth-order valence-corrected chi connectivity index (χ4v) is 1.40. The second kappa shape index (κ2) is 6.15. The number of carbonyl (C=O) groups is 1. The lowest BCUT2D eigenvalue weighted by molar-refractivity contribution is -0.109. The van der Waals surface area contributed by atoms with E-state index in [2.05, 4.69) is 15.3 Å². The Morgan fingerprint density at radius 2 is 2.00 bits per heavy atom. The van der Waals surface area contributed by atoms with Crippen LogP contribution in [0.15, 0.2) is 0 Å². The zero-order valence-corrected chi connectivity index (χ0v) is 10.1. The first-order chi connectivity index (χ1) is 8.04. The molecule has 0 aliphatic heterocycles. The van der Waals surface area contributed by atoms with E-state index < -0.39 is 6.04 Å². The van der Waals surface area contributed by atoms with Gasteiger partial charge in [0.2, 0.25) is 5.95 Å². The summed E-state index contributed by atoms with van der Waals surface area (Å²) >= 11 is 0. The first-order valence-corrected chi connectivity index (χ1v) is 5.53. The van der Waals surface area contributed by atoms with Crippen LogP contribution < -0.4 is 11.1 Å². The summed E-state index contributed by atoms with van der Waals surface area (Å²) in [5.74, 6) is 0.607. The average molecular weight is 238 g/mol. The van der Waals surface area contributed by atoms with Crippen LogP contribution in [0.2, 0.25) is 0 Å². The van der Waals surface area contributed by atoms with Gasteiger partial charge in [-0.1, -0.05) is 0 Å². The summed E-state index contributed by atoms with van der Waals surface area (Å²) in [5.41, 5.74) is 6.55. The molecule has 4 N–H and O–H groups in total. The highest BCUT2D eigenvalue weighted by Crippen LogP contribution is 2.18. The van der Waals surface area contributed by atoms with Crippen molar-refractivity contribution in [3.8, 4) is 5.75 Å². The van der Waals surface area contributed by atoms with Crippen molar-refractivity contribution >= 4 is 12.2 Å². The van der Waals surface area contributed by atoms with E-state index in [-0.39, 0.29) is 5.75 Å². The lowest BCUT2D eigenvalue weighted by atomic mass is 10.2. The SMILES string of the molecule is Cc1nc(NCCCC(N)C=O)nc(C)c1O. The molecule has 1 unspecified atom stereocenters. The molecule has 0 fully saturated rings. The molecule has 0 saturated heterocycles. The molecule has 0 aliphatic carbocycles. The third-order valence-corrected chi connectivity index (χ3v) is 2.40. The molecule has 0 aromatic carbocycles. The van der Waals surface area contributed by atoms with Gasteiger partial charge in [-0.05, 0) is 26.7 Å². The topological polar surface area (TPSA) is 101 Å². The van der Waals surface area contributed by atoms with Crippen LogP contribution in [0.25, 0.3) is 0 Å². The van der Waals surface area contributed by atoms with Gasteiger partial charge >= 0.3 is 0 Å². The maximum absolute atomic E-state index is 10.3. The Morgan fingerprint density at radius 1 is 1.41 bits per heavy atom. The molecule has 6 nitrogen and oxygen atoms in total. The van der Waals surface area contributed by atoms with E-state index in [1.165, 1.54) is 0 Å². The zero-order valence-electron chi connectivity index (χ0n) is 10.1. The molecule has 0 spiro atoms. The standard InChI is InChI=1S/C11H18N4O2/c1-7-10(17)8(2)15-11(14-7)13-5-3-4-9(12)6-16/h6,9,17H,3-5,12H2,1-2H3,(H,13,14,15). The fourth-order valence-electron chi connectivity index (χ4n) is 1.40. The normalized spacial score (nSPS) is 12.2. The summed E-state index contributed by atoms with van der Waals surface area (Å²) in [6, 6.07) is -0.402. The molecule has 94 valence electrons. The van der Waals surface area contributed by atoms with Gasteiger partial charge in [-0.15, -0.1) is 0 Å². The van der Waals surface area contributed by atoms with Crippen molar-refractivity contribution in [2.75, 3.05) is 11.9 Å². The highest BCUT2D eigenvalue weighted by Gasteiger charge is 2.06. The number of nitrogens with zero attached hydrogens (tertiary/aromatic N) is 2. The Labute approximate surface area is 100 Å². The van der Waals surface area contributed by atoms with Crippen molar-refractivity contribution in [3.05, 3.63) is 11.4 Å². The number of aromatic nitrogens is 2. The number of anilines is 1. The number of hydrogen-bond donors (Lipinski definition) is 3. The molecule has 1 aromatic heterocycles. The van der Waals surface area contributed by atoms with Gasteiger partial charge in [-0.25, -0.2) is 9.97 Å². The smallest absolute Gasteiger partial charge is 0.223 e. The van der Waals surface area contributed by atoms with Gasteiger partial charge < -0.3 is 21.0 Å². The molecule has 0 aliphatic rings. The predicted octanol–water partition coefficient (Wildman–Crippen LogP) is 0.517. The van der Waals surface area contributed by atoms with E-state index in [4.69, 9.17) is 5.73 Å². The van der Waals surface area contributed by atoms with Gasteiger partial charge in [-0.2, -0.15) is 0 Å². The van der Waals surface area contributed by atoms with E-state index in [0.717, 1.165) is 12.7 Å². The number of aldehydes is 1. The molecule has 1 rings (SSSR count). The van der Waals surface area contributed by atoms with Crippen molar-refractivity contribution in [3.63, 3.8) is 0 Å². The van der Waals surface area contributed by atoms with Crippen LogP contribution in [0, 0.1) is 13.8 Å². The maximum atomic E-state index is 10.3. The van der Waals surface area contributed by atoms with E-state index in [9.17, 15) is 9.90 Å². The van der Waals surface area contributed by atoms with Gasteiger partial charge in [0.1, 0.15) is 6.29 Å². The quantitative estimate of drug-likeness (QED) is 0.493. The van der Waals surface area contributed by atoms with Crippen molar-refractivity contribution in [2.24, 2.45) is 5.73 Å². The summed E-state index contributed by atoms with van der Waals surface area (Å²) in [6.07, 6.45) is 2.14. The van der Waals surface area contributed by atoms with E-state index in [1.54, 1.807) is 13.8 Å². The number of nitrogens with one attached hydrogen (secondary N) is 1. The minimum atomic E-state index is -0.402. The Kier molecular flexibility index (Phi) is 4.84. The number of aryl methyl sites for hydroxylation is 2. The fraction of sp³-hybridized carbons (Fsp3) is 0.545. The van der Waals surface area contributed by atoms with Gasteiger partial charge in [0.25, 0.3) is 0 Å². The maximum Gasteiger partial charge on any atom is 0.223 e. The Hall–Kier alpha value is -1.69. The molecule has 0 saturated carbocycles. The molecule has 1 atom stereocenters. The Morgan fingerprint density at radius 3 is 2.53 bits per heavy atom. The van der Waals surface area contributed by atoms with Crippen molar-refractivity contribution in [1.29, 1.82) is 0 Å². The highest BCUT2D eigenvalue weighted by molar-refractivity contribution is 5.56. The number of aromatic hydroxyl groups is 1. The summed E-state index contributed by atoms with van der Waals surface area (Å²) in [4.78, 5) is 18.5. The van der Waals surface area contributed by atoms with E-state index >= 15 is 0 Å². The number of carbonyl (C=O) groups excluding carboxylic acids is 1. The van der Waals surface area contributed by atoms with E-state index in [0.29, 0.717) is 30.3 Å². The first-order valence-electron chi connectivity index (χ1n) is 5.53. The second-order valence-electron chi connectivity index (χ2n) is 3.94. The van der Waals surface area contributed by atoms with Gasteiger partial charge in [0.15, 0.2) is 5.75 Å². The predicted molar refractivity (Wildman–Crippen MR) is 64.9 cm³/mol. The minimum Gasteiger partial charge on any atom is -0.504 e. The molecule has 0 radical (unpaired) electrons. The largest absolute Gasteiger partial charge is 0.504 e. The zero-order chi connectivity index (χ0) is 12.8. The molecule has 0 amide bonds. The van der Waals surface area contributed by atoms with Gasteiger partial charge in [-0.3, -0.25) is 0 Å². The monoisotopic (exact) mass is 238 g/mol. The minimum absolute atomic E-state index is 0.124. The van der Waals surface area contributed by atoms with Crippen molar-refractivity contribution in [2.45, 2.75) is 32.7 Å². The van der Waals surface area contributed by atoms with Crippen LogP contribution in [0.4, 0.5) is 5.95 Å². The Balaban J connectivity index is 2.45. The highest BCUT2D eigenvalue weighted by atomic mass is 16.3. The van der Waals surface area contributed by atoms with Crippen molar-refractivity contribution < 1.29 is 9.90 Å². The summed E-state index contributed by atoms with van der Waals surface area (Å²) in [5, 5.41) is 12.5. The number of nitrogens with two attached hydrogens (primary N) is 1. The van der Waals surface area contributed by atoms with Gasteiger partial charge in [0, 0.05) is 6.54 Å². The van der Waals surface area contributed by atoms with Gasteiger partial charge in [0.05, 0.1) is 17.4 Å². The molecule has 0 bridgehead atoms. The average Bonchev–Trinajstić information content (AvgIpc) is 2.31. The summed E-state index contributed by atoms with van der Waals surface area (Å²) in [7, 11) is 0. The van der Waals surface area contributed by atoms with E-state index in [1.807, 2.05) is 0 Å². The first kappa shape index (κ1) is 13.4. The lowest BCUT2D eigenvalue weighted by Crippen LogP contribution is -2.22. The number of hydrogen-bond acceptors (Lipinski definition) is 6.